The van der Waals surface area contributed by atoms with Gasteiger partial charge in [0, 0.05) is 6.54 Å². The van der Waals surface area contributed by atoms with E-state index < -0.39 is 0 Å². The number of nitrogens with zero attached hydrogens (tertiary/aromatic N) is 3. The Balaban J connectivity index is 0.00000341. The van der Waals surface area contributed by atoms with Crippen LogP contribution in [0.5, 0.6) is 11.5 Å². The number of benzene rings is 2. The number of anilines is 1. The lowest BCUT2D eigenvalue weighted by molar-refractivity contribution is -0.118. The summed E-state index contributed by atoms with van der Waals surface area (Å²) >= 11 is 1.46. The molecule has 1 aromatic heterocycles. The van der Waals surface area contributed by atoms with E-state index in [9.17, 15) is 4.79 Å². The molecular formula is C23H30ClN3O3S. The molecule has 3 aromatic rings. The van der Waals surface area contributed by atoms with Crippen LogP contribution in [0.25, 0.3) is 10.2 Å². The first-order chi connectivity index (χ1) is 14.4. The highest BCUT2D eigenvalue weighted by molar-refractivity contribution is 7.22. The number of amides is 1. The molecule has 8 heteroatoms. The summed E-state index contributed by atoms with van der Waals surface area (Å²) in [7, 11) is 7.33. The summed E-state index contributed by atoms with van der Waals surface area (Å²) < 4.78 is 11.9. The normalized spacial score (nSPS) is 10.8. The number of rotatable bonds is 9. The predicted molar refractivity (Wildman–Crippen MR) is 130 cm³/mol. The molecule has 31 heavy (non-hydrogen) atoms. The molecule has 0 fully saturated rings. The van der Waals surface area contributed by atoms with E-state index in [-0.39, 0.29) is 18.3 Å². The van der Waals surface area contributed by atoms with E-state index in [2.05, 4.69) is 11.0 Å². The highest BCUT2D eigenvalue weighted by Gasteiger charge is 2.22. The van der Waals surface area contributed by atoms with E-state index >= 15 is 0 Å². The second kappa shape index (κ2) is 11.3. The van der Waals surface area contributed by atoms with E-state index in [0.29, 0.717) is 23.8 Å². The fourth-order valence-electron chi connectivity index (χ4n) is 3.35. The maximum Gasteiger partial charge on any atom is 0.233 e. The molecule has 0 saturated heterocycles. The molecule has 0 saturated carbocycles. The lowest BCUT2D eigenvalue weighted by atomic mass is 10.1. The van der Waals surface area contributed by atoms with Crippen LogP contribution in [-0.4, -0.2) is 57.2 Å². The summed E-state index contributed by atoms with van der Waals surface area (Å²) in [4.78, 5) is 22.0. The van der Waals surface area contributed by atoms with Crippen LogP contribution in [0, 0.1) is 6.92 Å². The third kappa shape index (κ3) is 6.09. The van der Waals surface area contributed by atoms with Crippen LogP contribution in [-0.2, 0) is 11.2 Å². The number of methoxy groups -OCH3 is 2. The average Bonchev–Trinajstić information content (AvgIpc) is 3.15. The molecule has 1 heterocycles. The van der Waals surface area contributed by atoms with E-state index in [1.54, 1.807) is 19.1 Å². The highest BCUT2D eigenvalue weighted by Crippen LogP contribution is 2.40. The largest absolute Gasteiger partial charge is 0.495 e. The van der Waals surface area contributed by atoms with Gasteiger partial charge in [-0.15, -0.1) is 12.4 Å². The van der Waals surface area contributed by atoms with Crippen molar-refractivity contribution in [3.63, 3.8) is 0 Å². The first-order valence-corrected chi connectivity index (χ1v) is 10.8. The Hall–Kier alpha value is -2.35. The van der Waals surface area contributed by atoms with Gasteiger partial charge >= 0.3 is 0 Å². The molecule has 2 aromatic carbocycles. The van der Waals surface area contributed by atoms with Crippen LogP contribution < -0.4 is 14.4 Å². The first-order valence-electron chi connectivity index (χ1n) is 9.95. The Morgan fingerprint density at radius 3 is 2.42 bits per heavy atom. The highest BCUT2D eigenvalue weighted by atomic mass is 35.5. The van der Waals surface area contributed by atoms with E-state index in [1.807, 2.05) is 51.4 Å². The summed E-state index contributed by atoms with van der Waals surface area (Å²) in [6, 6.07) is 11.8. The summed E-state index contributed by atoms with van der Waals surface area (Å²) in [6.45, 7) is 3.54. The maximum atomic E-state index is 13.3. The van der Waals surface area contributed by atoms with Crippen LogP contribution in [0.15, 0.2) is 36.4 Å². The van der Waals surface area contributed by atoms with E-state index in [4.69, 9.17) is 14.5 Å². The molecule has 0 aliphatic heterocycles. The molecule has 168 valence electrons. The van der Waals surface area contributed by atoms with Crippen LogP contribution in [0.4, 0.5) is 5.13 Å². The third-order valence-corrected chi connectivity index (χ3v) is 5.95. The average molecular weight is 464 g/mol. The molecule has 3 rings (SSSR count). The summed E-state index contributed by atoms with van der Waals surface area (Å²) in [5, 5.41) is 0.671. The molecule has 6 nitrogen and oxygen atoms in total. The SMILES string of the molecule is COc1ccc(OC)c2sc(N(CCCN(C)C)C(=O)Cc3cccc(C)c3)nc12.Cl. The van der Waals surface area contributed by atoms with Crippen molar-refractivity contribution >= 4 is 45.0 Å². The van der Waals surface area contributed by atoms with Gasteiger partial charge in [0.25, 0.3) is 0 Å². The van der Waals surface area contributed by atoms with Crippen molar-refractivity contribution in [2.24, 2.45) is 0 Å². The topological polar surface area (TPSA) is 54.9 Å². The molecule has 0 aliphatic carbocycles. The van der Waals surface area contributed by atoms with Crippen LogP contribution in [0.3, 0.4) is 0 Å². The van der Waals surface area contributed by atoms with E-state index in [1.165, 1.54) is 11.3 Å². The zero-order valence-corrected chi connectivity index (χ0v) is 20.3. The van der Waals surface area contributed by atoms with Crippen molar-refractivity contribution in [2.75, 3.05) is 46.3 Å². The van der Waals surface area contributed by atoms with Crippen molar-refractivity contribution in [2.45, 2.75) is 19.8 Å². The minimum atomic E-state index is 0. The summed E-state index contributed by atoms with van der Waals surface area (Å²) in [6.07, 6.45) is 1.20. The number of ether oxygens (including phenoxy) is 2. The van der Waals surface area contributed by atoms with Gasteiger partial charge in [0.2, 0.25) is 5.91 Å². The molecule has 0 N–H and O–H groups in total. The van der Waals surface area contributed by atoms with Gasteiger partial charge in [-0.25, -0.2) is 4.98 Å². The van der Waals surface area contributed by atoms with Crippen molar-refractivity contribution in [1.82, 2.24) is 9.88 Å². The van der Waals surface area contributed by atoms with Gasteiger partial charge in [0.05, 0.1) is 20.6 Å². The number of hydrogen-bond donors (Lipinski definition) is 0. The van der Waals surface area contributed by atoms with Crippen molar-refractivity contribution in [3.8, 4) is 11.5 Å². The van der Waals surface area contributed by atoms with Gasteiger partial charge in [0.15, 0.2) is 5.13 Å². The Kier molecular flexibility index (Phi) is 9.10. The summed E-state index contributed by atoms with van der Waals surface area (Å²) in [5.41, 5.74) is 2.88. The number of carbonyl (C=O) groups excluding carboxylic acids is 1. The molecule has 0 atom stereocenters. The Labute approximate surface area is 194 Å². The number of aryl methyl sites for hydroxylation is 1. The number of hydrogen-bond acceptors (Lipinski definition) is 6. The molecule has 0 bridgehead atoms. The number of carbonyl (C=O) groups is 1. The molecule has 0 radical (unpaired) electrons. The van der Waals surface area contributed by atoms with Gasteiger partial charge in [-0.3, -0.25) is 9.69 Å². The predicted octanol–water partition coefficient (Wildman–Crippen LogP) is 4.57. The zero-order valence-electron chi connectivity index (χ0n) is 18.7. The number of aromatic nitrogens is 1. The van der Waals surface area contributed by atoms with Crippen LogP contribution >= 0.6 is 23.7 Å². The molecule has 0 aliphatic rings. The van der Waals surface area contributed by atoms with Crippen molar-refractivity contribution in [1.29, 1.82) is 0 Å². The second-order valence-corrected chi connectivity index (χ2v) is 8.49. The number of halogens is 1. The second-order valence-electron chi connectivity index (χ2n) is 7.51. The number of thiazole rings is 1. The number of fused-ring (bicyclic) bond motifs is 1. The summed E-state index contributed by atoms with van der Waals surface area (Å²) in [5.74, 6) is 1.44. The fourth-order valence-corrected chi connectivity index (χ4v) is 4.47. The van der Waals surface area contributed by atoms with Crippen molar-refractivity contribution in [3.05, 3.63) is 47.5 Å². The Bertz CT molecular complexity index is 981. The maximum absolute atomic E-state index is 13.3. The van der Waals surface area contributed by atoms with Gasteiger partial charge in [-0.2, -0.15) is 0 Å². The minimum Gasteiger partial charge on any atom is -0.495 e. The Morgan fingerprint density at radius 2 is 1.77 bits per heavy atom. The standard InChI is InChI=1S/C23H29N3O3S.ClH/c1-16-8-6-9-17(14-16)15-20(27)26(13-7-12-25(2)3)23-24-21-18(28-4)10-11-19(29-5)22(21)30-23;/h6,8-11,14H,7,12-13,15H2,1-5H3;1H. The fraction of sp³-hybridized carbons (Fsp3) is 0.391. The molecule has 1 amide bonds. The van der Waals surface area contributed by atoms with Gasteiger partial charge in [-0.05, 0) is 51.7 Å². The van der Waals surface area contributed by atoms with Crippen molar-refractivity contribution < 1.29 is 14.3 Å². The van der Waals surface area contributed by atoms with Gasteiger partial charge < -0.3 is 14.4 Å². The molecular weight excluding hydrogens is 434 g/mol. The quantitative estimate of drug-likeness (QED) is 0.465. The first kappa shape index (κ1) is 24.9. The Morgan fingerprint density at radius 1 is 1.06 bits per heavy atom. The van der Waals surface area contributed by atoms with Crippen LogP contribution in [0.2, 0.25) is 0 Å². The lowest BCUT2D eigenvalue weighted by Gasteiger charge is -2.21. The minimum absolute atomic E-state index is 0. The smallest absolute Gasteiger partial charge is 0.233 e. The van der Waals surface area contributed by atoms with Gasteiger partial charge in [-0.1, -0.05) is 41.2 Å². The monoisotopic (exact) mass is 463 g/mol. The third-order valence-electron chi connectivity index (χ3n) is 4.86. The molecule has 0 spiro atoms. The van der Waals surface area contributed by atoms with E-state index in [0.717, 1.165) is 40.1 Å². The zero-order chi connectivity index (χ0) is 21.7. The van der Waals surface area contributed by atoms with Gasteiger partial charge in [0.1, 0.15) is 21.7 Å². The lowest BCUT2D eigenvalue weighted by Crippen LogP contribution is -2.34. The molecule has 0 unspecified atom stereocenters. The van der Waals surface area contributed by atoms with Crippen LogP contribution in [0.1, 0.15) is 17.5 Å².